The maximum absolute atomic E-state index is 12.7. The predicted octanol–water partition coefficient (Wildman–Crippen LogP) is 3.26. The predicted molar refractivity (Wildman–Crippen MR) is 84.3 cm³/mol. The van der Waals surface area contributed by atoms with E-state index in [9.17, 15) is 13.2 Å². The Labute approximate surface area is 131 Å². The summed E-state index contributed by atoms with van der Waals surface area (Å²) in [5.74, 6) is -0.174. The summed E-state index contributed by atoms with van der Waals surface area (Å²) in [7, 11) is 1.54. The average molecular weight is 335 g/mol. The third-order valence-electron chi connectivity index (χ3n) is 3.23. The molecule has 1 aromatic heterocycles. The molecule has 7 heteroatoms. The molecule has 0 N–H and O–H groups in total. The number of halogens is 1. The minimum absolute atomic E-state index is 0.0354. The molecule has 0 saturated heterocycles. The first kappa shape index (κ1) is 18.0. The second-order valence-electron chi connectivity index (χ2n) is 5.59. The van der Waals surface area contributed by atoms with Crippen molar-refractivity contribution in [3.05, 3.63) is 18.0 Å². The van der Waals surface area contributed by atoms with Crippen LogP contribution in [-0.4, -0.2) is 36.4 Å². The van der Waals surface area contributed by atoms with Gasteiger partial charge >= 0.3 is 0 Å². The molecule has 1 amide bonds. The lowest BCUT2D eigenvalue weighted by molar-refractivity contribution is 0.0693. The van der Waals surface area contributed by atoms with Crippen molar-refractivity contribution >= 4 is 25.6 Å². The Kier molecular flexibility index (Phi) is 5.87. The molecule has 0 aromatic carbocycles. The number of carbonyl (C=O) groups excluding carboxylic acids is 1. The maximum atomic E-state index is 12.7. The van der Waals surface area contributed by atoms with Gasteiger partial charge in [0.2, 0.25) is 0 Å². The van der Waals surface area contributed by atoms with E-state index in [1.54, 1.807) is 9.47 Å². The number of hydrogen-bond acceptors (Lipinski definition) is 3. The van der Waals surface area contributed by atoms with Crippen LogP contribution in [0, 0.1) is 0 Å². The van der Waals surface area contributed by atoms with E-state index in [1.807, 2.05) is 34.6 Å². The highest BCUT2D eigenvalue weighted by molar-refractivity contribution is 8.13. The van der Waals surface area contributed by atoms with Gasteiger partial charge in [-0.2, -0.15) is 0 Å². The zero-order valence-corrected chi connectivity index (χ0v) is 14.7. The van der Waals surface area contributed by atoms with Gasteiger partial charge in [0.1, 0.15) is 10.6 Å². The quantitative estimate of drug-likeness (QED) is 0.750. The van der Waals surface area contributed by atoms with Gasteiger partial charge in [-0.15, -0.1) is 0 Å². The van der Waals surface area contributed by atoms with Crippen LogP contribution < -0.4 is 0 Å². The number of aromatic nitrogens is 1. The molecule has 5 nitrogen and oxygen atoms in total. The smallest absolute Gasteiger partial charge is 0.270 e. The lowest BCUT2D eigenvalue weighted by Gasteiger charge is -2.27. The van der Waals surface area contributed by atoms with E-state index in [4.69, 9.17) is 10.7 Å². The van der Waals surface area contributed by atoms with Gasteiger partial charge in [-0.05, 0) is 40.2 Å². The molecule has 0 unspecified atom stereocenters. The molecule has 0 aliphatic carbocycles. The second-order valence-corrected chi connectivity index (χ2v) is 8.16. The summed E-state index contributed by atoms with van der Waals surface area (Å²) in [4.78, 5) is 14.4. The third kappa shape index (κ3) is 4.23. The fraction of sp³-hybridized carbons (Fsp3) is 0.643. The normalized spacial score (nSPS) is 12.2. The van der Waals surface area contributed by atoms with Gasteiger partial charge in [0.15, 0.2) is 0 Å². The molecule has 0 fully saturated rings. The molecule has 0 aliphatic rings. The largest absolute Gasteiger partial charge is 0.340 e. The molecule has 0 saturated carbocycles. The van der Waals surface area contributed by atoms with Crippen LogP contribution in [0.15, 0.2) is 17.2 Å². The molecule has 0 bridgehead atoms. The Bertz CT molecular complexity index is 606. The van der Waals surface area contributed by atoms with Crippen molar-refractivity contribution in [2.75, 3.05) is 6.54 Å². The van der Waals surface area contributed by atoms with Crippen LogP contribution in [0.25, 0.3) is 0 Å². The topological polar surface area (TPSA) is 59.4 Å². The zero-order chi connectivity index (χ0) is 16.4. The van der Waals surface area contributed by atoms with Crippen LogP contribution in [0.1, 0.15) is 57.6 Å². The van der Waals surface area contributed by atoms with Crippen molar-refractivity contribution in [3.63, 3.8) is 0 Å². The van der Waals surface area contributed by atoms with Gasteiger partial charge in [-0.3, -0.25) is 4.79 Å². The molecular weight excluding hydrogens is 312 g/mol. The van der Waals surface area contributed by atoms with E-state index in [0.717, 1.165) is 6.42 Å². The molecule has 21 heavy (non-hydrogen) atoms. The number of hydrogen-bond donors (Lipinski definition) is 0. The number of rotatable bonds is 6. The van der Waals surface area contributed by atoms with Crippen LogP contribution in [-0.2, 0) is 9.05 Å². The fourth-order valence-corrected chi connectivity index (χ4v) is 2.91. The lowest BCUT2D eigenvalue weighted by Crippen LogP contribution is -2.38. The van der Waals surface area contributed by atoms with Crippen LogP contribution in [0.2, 0.25) is 0 Å². The Morgan fingerprint density at radius 3 is 2.29 bits per heavy atom. The van der Waals surface area contributed by atoms with Gasteiger partial charge in [-0.1, -0.05) is 6.92 Å². The molecule has 0 spiro atoms. The molecule has 0 radical (unpaired) electrons. The highest BCUT2D eigenvalue weighted by atomic mass is 35.7. The Morgan fingerprint density at radius 2 is 1.90 bits per heavy atom. The van der Waals surface area contributed by atoms with Gasteiger partial charge in [0, 0.05) is 35.5 Å². The summed E-state index contributed by atoms with van der Waals surface area (Å²) in [6.45, 7) is 10.3. The van der Waals surface area contributed by atoms with E-state index in [0.29, 0.717) is 12.2 Å². The monoisotopic (exact) mass is 334 g/mol. The first-order valence-corrected chi connectivity index (χ1v) is 9.38. The minimum atomic E-state index is -3.85. The molecule has 0 aliphatic heterocycles. The van der Waals surface area contributed by atoms with Crippen LogP contribution >= 0.6 is 10.7 Å². The first-order valence-electron chi connectivity index (χ1n) is 7.07. The summed E-state index contributed by atoms with van der Waals surface area (Å²) < 4.78 is 24.7. The minimum Gasteiger partial charge on any atom is -0.340 e. The van der Waals surface area contributed by atoms with E-state index < -0.39 is 9.05 Å². The fourth-order valence-electron chi connectivity index (χ4n) is 2.17. The molecule has 1 aromatic rings. The van der Waals surface area contributed by atoms with Gasteiger partial charge < -0.3 is 9.47 Å². The van der Waals surface area contributed by atoms with E-state index in [-0.39, 0.29) is 22.9 Å². The van der Waals surface area contributed by atoms with Crippen LogP contribution in [0.4, 0.5) is 0 Å². The third-order valence-corrected chi connectivity index (χ3v) is 4.55. The zero-order valence-electron chi connectivity index (χ0n) is 13.1. The van der Waals surface area contributed by atoms with Crippen molar-refractivity contribution < 1.29 is 13.2 Å². The summed E-state index contributed by atoms with van der Waals surface area (Å²) in [5, 5.41) is 0. The Morgan fingerprint density at radius 1 is 1.33 bits per heavy atom. The summed E-state index contributed by atoms with van der Waals surface area (Å²) in [6.07, 6.45) is 2.26. The van der Waals surface area contributed by atoms with Crippen molar-refractivity contribution in [1.82, 2.24) is 9.47 Å². The van der Waals surface area contributed by atoms with Crippen molar-refractivity contribution in [2.24, 2.45) is 0 Å². The van der Waals surface area contributed by atoms with E-state index in [2.05, 4.69) is 0 Å². The van der Waals surface area contributed by atoms with Crippen molar-refractivity contribution in [1.29, 1.82) is 0 Å². The van der Waals surface area contributed by atoms with E-state index >= 15 is 0 Å². The molecule has 1 rings (SSSR count). The van der Waals surface area contributed by atoms with Crippen molar-refractivity contribution in [2.45, 2.75) is 58.0 Å². The Balaban J connectivity index is 3.33. The van der Waals surface area contributed by atoms with E-state index in [1.165, 1.54) is 12.3 Å². The highest BCUT2D eigenvalue weighted by Crippen LogP contribution is 2.23. The maximum Gasteiger partial charge on any atom is 0.270 e. The first-order chi connectivity index (χ1) is 9.59. The van der Waals surface area contributed by atoms with Gasteiger partial charge in [-0.25, -0.2) is 8.42 Å². The molecule has 0 atom stereocenters. The standard InChI is InChI=1S/C14H23ClN2O3S/c1-6-7-16(10(2)3)14(18)13-8-12(21(15,19)20)9-17(13)11(4)5/h8-11H,6-7H2,1-5H3. The lowest BCUT2D eigenvalue weighted by atomic mass is 10.2. The van der Waals surface area contributed by atoms with Gasteiger partial charge in [0.25, 0.3) is 15.0 Å². The molecule has 1 heterocycles. The second kappa shape index (κ2) is 6.83. The van der Waals surface area contributed by atoms with Gasteiger partial charge in [0.05, 0.1) is 0 Å². The van der Waals surface area contributed by atoms with Crippen LogP contribution in [0.3, 0.4) is 0 Å². The van der Waals surface area contributed by atoms with Crippen molar-refractivity contribution in [3.8, 4) is 0 Å². The van der Waals surface area contributed by atoms with Crippen LogP contribution in [0.5, 0.6) is 0 Å². The summed E-state index contributed by atoms with van der Waals surface area (Å²) in [6, 6.07) is 1.37. The Hall–Kier alpha value is -1.01. The molecule has 120 valence electrons. The number of nitrogens with zero attached hydrogens (tertiary/aromatic N) is 2. The SMILES string of the molecule is CCCN(C(=O)c1cc(S(=O)(=O)Cl)cn1C(C)C)C(C)C. The molecular formula is C14H23ClN2O3S. The highest BCUT2D eigenvalue weighted by Gasteiger charge is 2.25. The number of carbonyl (C=O) groups is 1. The number of amides is 1. The average Bonchev–Trinajstić information content (AvgIpc) is 2.79. The summed E-state index contributed by atoms with van der Waals surface area (Å²) >= 11 is 0. The summed E-state index contributed by atoms with van der Waals surface area (Å²) in [5.41, 5.74) is 0.353.